The Kier molecular flexibility index (Phi) is 5.53. The Bertz CT molecular complexity index is 328. The predicted molar refractivity (Wildman–Crippen MR) is 60.0 cm³/mol. The molecule has 1 rings (SSSR count). The molecule has 5 N–H and O–H groups in total. The van der Waals surface area contributed by atoms with Crippen LogP contribution in [0.3, 0.4) is 0 Å². The average Bonchev–Trinajstić information content (AvgIpc) is 2.36. The van der Waals surface area contributed by atoms with Gasteiger partial charge < -0.3 is 30.5 Å². The Morgan fingerprint density at radius 3 is 2.56 bits per heavy atom. The molecule has 1 saturated heterocycles. The Hall–Kier alpha value is -1.17. The fourth-order valence-corrected chi connectivity index (χ4v) is 1.70. The summed E-state index contributed by atoms with van der Waals surface area (Å²) >= 11 is 0. The molecule has 0 aliphatic carbocycles. The number of aliphatic hydroxyl groups excluding tert-OH is 4. The van der Waals surface area contributed by atoms with E-state index in [1.165, 1.54) is 0 Å². The molecule has 18 heavy (non-hydrogen) atoms. The molecule has 0 aromatic carbocycles. The summed E-state index contributed by atoms with van der Waals surface area (Å²) in [6.07, 6.45) is -0.137. The topological polar surface area (TPSA) is 119 Å². The summed E-state index contributed by atoms with van der Waals surface area (Å²) in [7, 11) is 0. The summed E-state index contributed by atoms with van der Waals surface area (Å²) in [6.45, 7) is -0.549. The Morgan fingerprint density at radius 1 is 1.33 bits per heavy atom. The SMILES string of the molecule is C#CCCC(=O)N[C@@H]1[C@@H](O)[C@H](O)[C@@H](CO)O[C@@H]1O. The summed E-state index contributed by atoms with van der Waals surface area (Å²) in [5.74, 6) is 1.82. The summed E-state index contributed by atoms with van der Waals surface area (Å²) < 4.78 is 4.88. The van der Waals surface area contributed by atoms with E-state index < -0.39 is 43.2 Å². The van der Waals surface area contributed by atoms with Crippen molar-refractivity contribution in [3.05, 3.63) is 0 Å². The number of aliphatic hydroxyl groups is 4. The number of hydrogen-bond donors (Lipinski definition) is 5. The van der Waals surface area contributed by atoms with Crippen molar-refractivity contribution in [2.45, 2.75) is 43.5 Å². The first-order chi connectivity index (χ1) is 8.51. The van der Waals surface area contributed by atoms with Crippen molar-refractivity contribution in [3.8, 4) is 12.3 Å². The zero-order valence-corrected chi connectivity index (χ0v) is 9.69. The summed E-state index contributed by atoms with van der Waals surface area (Å²) in [5.41, 5.74) is 0. The maximum absolute atomic E-state index is 11.4. The first kappa shape index (κ1) is 14.9. The van der Waals surface area contributed by atoms with Crippen LogP contribution in [0.2, 0.25) is 0 Å². The van der Waals surface area contributed by atoms with Gasteiger partial charge in [-0.1, -0.05) is 0 Å². The van der Waals surface area contributed by atoms with Crippen LogP contribution in [0.1, 0.15) is 12.8 Å². The smallest absolute Gasteiger partial charge is 0.221 e. The highest BCUT2D eigenvalue weighted by Gasteiger charge is 2.44. The Labute approximate surface area is 104 Å². The Balaban J connectivity index is 2.60. The minimum atomic E-state index is -1.50. The van der Waals surface area contributed by atoms with Gasteiger partial charge in [0.15, 0.2) is 6.29 Å². The number of rotatable bonds is 4. The van der Waals surface area contributed by atoms with E-state index in [0.29, 0.717) is 0 Å². The third-order valence-corrected chi connectivity index (χ3v) is 2.72. The predicted octanol–water partition coefficient (Wildman–Crippen LogP) is -2.68. The highest BCUT2D eigenvalue weighted by molar-refractivity contribution is 5.76. The van der Waals surface area contributed by atoms with Crippen molar-refractivity contribution in [2.75, 3.05) is 6.61 Å². The highest BCUT2D eigenvalue weighted by Crippen LogP contribution is 2.19. The minimum Gasteiger partial charge on any atom is -0.394 e. The van der Waals surface area contributed by atoms with Crippen LogP contribution in [0.4, 0.5) is 0 Å². The number of carbonyl (C=O) groups is 1. The normalized spacial score (nSPS) is 35.8. The molecule has 1 aliphatic rings. The first-order valence-electron chi connectivity index (χ1n) is 5.54. The molecule has 0 unspecified atom stereocenters. The third kappa shape index (κ3) is 3.41. The summed E-state index contributed by atoms with van der Waals surface area (Å²) in [6, 6.07) is -1.16. The maximum atomic E-state index is 11.4. The minimum absolute atomic E-state index is 0.0476. The highest BCUT2D eigenvalue weighted by atomic mass is 16.6. The molecule has 0 aromatic rings. The number of carbonyl (C=O) groups excluding carboxylic acids is 1. The molecule has 1 amide bonds. The van der Waals surface area contributed by atoms with Gasteiger partial charge in [-0.2, -0.15) is 0 Å². The molecular formula is C11H17NO6. The molecule has 0 spiro atoms. The Morgan fingerprint density at radius 2 is 2.00 bits per heavy atom. The number of amides is 1. The van der Waals surface area contributed by atoms with Gasteiger partial charge in [0.25, 0.3) is 0 Å². The number of terminal acetylenes is 1. The van der Waals surface area contributed by atoms with Gasteiger partial charge in [-0.3, -0.25) is 4.79 Å². The lowest BCUT2D eigenvalue weighted by Gasteiger charge is -2.40. The molecule has 5 atom stereocenters. The molecule has 0 radical (unpaired) electrons. The van der Waals surface area contributed by atoms with Crippen LogP contribution in [0.25, 0.3) is 0 Å². The van der Waals surface area contributed by atoms with Crippen molar-refractivity contribution in [2.24, 2.45) is 0 Å². The van der Waals surface area contributed by atoms with Crippen molar-refractivity contribution < 1.29 is 30.0 Å². The lowest BCUT2D eigenvalue weighted by atomic mass is 9.97. The van der Waals surface area contributed by atoms with Crippen LogP contribution in [0.15, 0.2) is 0 Å². The van der Waals surface area contributed by atoms with Gasteiger partial charge in [0.05, 0.1) is 6.61 Å². The lowest BCUT2D eigenvalue weighted by molar-refractivity contribution is -0.253. The molecule has 102 valence electrons. The zero-order chi connectivity index (χ0) is 13.7. The second-order valence-corrected chi connectivity index (χ2v) is 4.03. The van der Waals surface area contributed by atoms with Crippen molar-refractivity contribution in [1.29, 1.82) is 0 Å². The first-order valence-corrected chi connectivity index (χ1v) is 5.54. The van der Waals surface area contributed by atoms with Crippen LogP contribution in [0, 0.1) is 12.3 Å². The van der Waals surface area contributed by atoms with E-state index >= 15 is 0 Å². The van der Waals surface area contributed by atoms with Gasteiger partial charge in [0, 0.05) is 12.8 Å². The van der Waals surface area contributed by atoms with Crippen LogP contribution < -0.4 is 5.32 Å². The molecule has 0 bridgehead atoms. The van der Waals surface area contributed by atoms with E-state index in [1.807, 2.05) is 0 Å². The molecule has 7 nitrogen and oxygen atoms in total. The molecule has 1 fully saturated rings. The van der Waals surface area contributed by atoms with Crippen LogP contribution >= 0.6 is 0 Å². The van der Waals surface area contributed by atoms with E-state index in [2.05, 4.69) is 11.2 Å². The van der Waals surface area contributed by atoms with Gasteiger partial charge in [0.1, 0.15) is 24.4 Å². The fraction of sp³-hybridized carbons (Fsp3) is 0.727. The molecule has 0 aromatic heterocycles. The van der Waals surface area contributed by atoms with E-state index in [-0.39, 0.29) is 12.8 Å². The largest absolute Gasteiger partial charge is 0.394 e. The van der Waals surface area contributed by atoms with E-state index in [0.717, 1.165) is 0 Å². The van der Waals surface area contributed by atoms with Gasteiger partial charge in [-0.05, 0) is 0 Å². The standard InChI is InChI=1S/C11H17NO6/c1-2-3-4-7(14)12-8-10(16)9(15)6(5-13)18-11(8)17/h1,6,8-11,13,15-17H,3-5H2,(H,12,14)/t6-,8-,9-,10-,11+/m1/s1. The average molecular weight is 259 g/mol. The van der Waals surface area contributed by atoms with Gasteiger partial charge in [-0.25, -0.2) is 0 Å². The quantitative estimate of drug-likeness (QED) is 0.351. The lowest BCUT2D eigenvalue weighted by Crippen LogP contribution is -2.64. The zero-order valence-electron chi connectivity index (χ0n) is 9.69. The fourth-order valence-electron chi connectivity index (χ4n) is 1.70. The monoisotopic (exact) mass is 259 g/mol. The second-order valence-electron chi connectivity index (χ2n) is 4.03. The number of ether oxygens (including phenoxy) is 1. The van der Waals surface area contributed by atoms with Crippen molar-refractivity contribution in [3.63, 3.8) is 0 Å². The number of hydrogen-bond acceptors (Lipinski definition) is 6. The van der Waals surface area contributed by atoms with Gasteiger partial charge in [0.2, 0.25) is 5.91 Å². The molecule has 7 heteroatoms. The molecule has 0 saturated carbocycles. The van der Waals surface area contributed by atoms with Gasteiger partial charge >= 0.3 is 0 Å². The van der Waals surface area contributed by atoms with E-state index in [9.17, 15) is 20.1 Å². The van der Waals surface area contributed by atoms with Crippen molar-refractivity contribution in [1.82, 2.24) is 5.32 Å². The van der Waals surface area contributed by atoms with Crippen LogP contribution in [0.5, 0.6) is 0 Å². The number of nitrogens with one attached hydrogen (secondary N) is 1. The summed E-state index contributed by atoms with van der Waals surface area (Å²) in [5, 5.41) is 40.1. The molecular weight excluding hydrogens is 242 g/mol. The van der Waals surface area contributed by atoms with Crippen LogP contribution in [-0.2, 0) is 9.53 Å². The van der Waals surface area contributed by atoms with Crippen molar-refractivity contribution >= 4 is 5.91 Å². The van der Waals surface area contributed by atoms with Gasteiger partial charge in [-0.15, -0.1) is 12.3 Å². The van der Waals surface area contributed by atoms with E-state index in [4.69, 9.17) is 16.3 Å². The summed E-state index contributed by atoms with van der Waals surface area (Å²) in [4.78, 5) is 11.4. The third-order valence-electron chi connectivity index (χ3n) is 2.72. The molecule has 1 heterocycles. The molecule has 1 aliphatic heterocycles. The van der Waals surface area contributed by atoms with E-state index in [1.54, 1.807) is 0 Å². The second kappa shape index (κ2) is 6.68. The maximum Gasteiger partial charge on any atom is 0.221 e. The van der Waals surface area contributed by atoms with Crippen LogP contribution in [-0.4, -0.2) is 63.6 Å².